The Labute approximate surface area is 81.8 Å². The van der Waals surface area contributed by atoms with Crippen molar-refractivity contribution in [2.24, 2.45) is 0 Å². The highest BCUT2D eigenvalue weighted by atomic mass is 35.5. The van der Waals surface area contributed by atoms with E-state index in [-0.39, 0.29) is 5.56 Å². The molecule has 68 valence electrons. The number of hydrogen-bond acceptors (Lipinski definition) is 1. The second-order valence-corrected chi connectivity index (χ2v) is 3.65. The second-order valence-electron chi connectivity index (χ2n) is 3.25. The van der Waals surface area contributed by atoms with Gasteiger partial charge < -0.3 is 0 Å². The van der Waals surface area contributed by atoms with E-state index in [1.54, 1.807) is 18.2 Å². The van der Waals surface area contributed by atoms with Crippen molar-refractivity contribution in [1.29, 1.82) is 5.26 Å². The Bertz CT molecular complexity index is 360. The Balaban J connectivity index is 3.43. The van der Waals surface area contributed by atoms with E-state index in [4.69, 9.17) is 16.9 Å². The second kappa shape index (κ2) is 3.35. The summed E-state index contributed by atoms with van der Waals surface area (Å²) in [5, 5.41) is 9.03. The number of nitriles is 1. The van der Waals surface area contributed by atoms with E-state index >= 15 is 0 Å². The Morgan fingerprint density at radius 3 is 2.46 bits per heavy atom. The van der Waals surface area contributed by atoms with Crippen LogP contribution in [0.1, 0.15) is 25.0 Å². The number of alkyl halides is 1. The first-order chi connectivity index (χ1) is 5.96. The fraction of sp³-hybridized carbons (Fsp3) is 0.300. The molecule has 1 aromatic carbocycles. The van der Waals surface area contributed by atoms with E-state index in [1.807, 2.05) is 6.07 Å². The van der Waals surface area contributed by atoms with Gasteiger partial charge in [0.2, 0.25) is 0 Å². The molecule has 0 aliphatic heterocycles. The SMILES string of the molecule is CC(C)(F)c1c(Cl)cccc1C#N. The van der Waals surface area contributed by atoms with Crippen molar-refractivity contribution in [3.05, 3.63) is 34.3 Å². The van der Waals surface area contributed by atoms with Gasteiger partial charge in [-0.3, -0.25) is 0 Å². The van der Waals surface area contributed by atoms with Gasteiger partial charge in [0.1, 0.15) is 5.67 Å². The van der Waals surface area contributed by atoms with E-state index < -0.39 is 5.67 Å². The molecule has 0 unspecified atom stereocenters. The number of rotatable bonds is 1. The summed E-state index contributed by atoms with van der Waals surface area (Å²) in [4.78, 5) is 0. The van der Waals surface area contributed by atoms with E-state index in [0.29, 0.717) is 10.6 Å². The minimum absolute atomic E-state index is 0.263. The minimum Gasteiger partial charge on any atom is -0.239 e. The molecule has 0 aliphatic rings. The van der Waals surface area contributed by atoms with Gasteiger partial charge in [-0.05, 0) is 26.0 Å². The lowest BCUT2D eigenvalue weighted by Gasteiger charge is -2.17. The molecule has 1 nitrogen and oxygen atoms in total. The van der Waals surface area contributed by atoms with Crippen LogP contribution in [0.5, 0.6) is 0 Å². The zero-order valence-corrected chi connectivity index (χ0v) is 8.19. The van der Waals surface area contributed by atoms with Gasteiger partial charge in [0.15, 0.2) is 0 Å². The Morgan fingerprint density at radius 1 is 1.46 bits per heavy atom. The molecular weight excluding hydrogens is 189 g/mol. The predicted octanol–water partition coefficient (Wildman–Crippen LogP) is 3.42. The number of hydrogen-bond donors (Lipinski definition) is 0. The van der Waals surface area contributed by atoms with Gasteiger partial charge in [-0.25, -0.2) is 4.39 Å². The molecule has 0 radical (unpaired) electrons. The van der Waals surface area contributed by atoms with Crippen LogP contribution in [0.2, 0.25) is 5.02 Å². The van der Waals surface area contributed by atoms with E-state index in [9.17, 15) is 4.39 Å². The largest absolute Gasteiger partial charge is 0.239 e. The van der Waals surface area contributed by atoms with Crippen molar-refractivity contribution in [1.82, 2.24) is 0 Å². The molecule has 0 aromatic heterocycles. The van der Waals surface area contributed by atoms with Gasteiger partial charge in [0, 0.05) is 10.6 Å². The molecule has 0 atom stereocenters. The summed E-state index contributed by atoms with van der Waals surface area (Å²) in [5.41, 5.74) is -1.03. The Kier molecular flexibility index (Phi) is 2.58. The molecule has 0 saturated carbocycles. The third-order valence-electron chi connectivity index (χ3n) is 1.73. The first kappa shape index (κ1) is 10.0. The maximum absolute atomic E-state index is 13.6. The van der Waals surface area contributed by atoms with E-state index in [1.165, 1.54) is 13.8 Å². The molecule has 0 bridgehead atoms. The third-order valence-corrected chi connectivity index (χ3v) is 2.04. The summed E-state index contributed by atoms with van der Waals surface area (Å²) in [5.74, 6) is 0. The van der Waals surface area contributed by atoms with Gasteiger partial charge >= 0.3 is 0 Å². The first-order valence-electron chi connectivity index (χ1n) is 3.85. The molecule has 0 heterocycles. The van der Waals surface area contributed by atoms with E-state index in [2.05, 4.69) is 0 Å². The Morgan fingerprint density at radius 2 is 2.08 bits per heavy atom. The van der Waals surface area contributed by atoms with Crippen LogP contribution in [0, 0.1) is 11.3 Å². The fourth-order valence-electron chi connectivity index (χ4n) is 1.22. The maximum atomic E-state index is 13.6. The highest BCUT2D eigenvalue weighted by molar-refractivity contribution is 6.31. The van der Waals surface area contributed by atoms with Crippen molar-refractivity contribution in [2.45, 2.75) is 19.5 Å². The van der Waals surface area contributed by atoms with Crippen LogP contribution in [0.15, 0.2) is 18.2 Å². The van der Waals surface area contributed by atoms with Crippen molar-refractivity contribution < 1.29 is 4.39 Å². The highest BCUT2D eigenvalue weighted by Gasteiger charge is 2.25. The summed E-state index contributed by atoms with van der Waals surface area (Å²) in [6.07, 6.45) is 0. The zero-order chi connectivity index (χ0) is 10.1. The summed E-state index contributed by atoms with van der Waals surface area (Å²) in [6.45, 7) is 2.77. The number of nitrogens with zero attached hydrogens (tertiary/aromatic N) is 1. The molecule has 0 N–H and O–H groups in total. The van der Waals surface area contributed by atoms with Crippen molar-refractivity contribution >= 4 is 11.6 Å². The fourth-order valence-corrected chi connectivity index (χ4v) is 1.62. The molecule has 13 heavy (non-hydrogen) atoms. The smallest absolute Gasteiger partial charge is 0.133 e. The average Bonchev–Trinajstić information content (AvgIpc) is 2.01. The highest BCUT2D eigenvalue weighted by Crippen LogP contribution is 2.33. The van der Waals surface area contributed by atoms with Gasteiger partial charge in [-0.1, -0.05) is 17.7 Å². The molecule has 0 amide bonds. The minimum atomic E-state index is -1.58. The average molecular weight is 198 g/mol. The molecule has 0 spiro atoms. The van der Waals surface area contributed by atoms with Crippen LogP contribution >= 0.6 is 11.6 Å². The first-order valence-corrected chi connectivity index (χ1v) is 4.22. The molecule has 0 aliphatic carbocycles. The lowest BCUT2D eigenvalue weighted by atomic mass is 9.95. The van der Waals surface area contributed by atoms with Gasteiger partial charge in [-0.2, -0.15) is 5.26 Å². The predicted molar refractivity (Wildman–Crippen MR) is 50.3 cm³/mol. The molecule has 0 fully saturated rings. The van der Waals surface area contributed by atoms with Crippen molar-refractivity contribution in [2.75, 3.05) is 0 Å². The van der Waals surface area contributed by atoms with Crippen LogP contribution in [0.3, 0.4) is 0 Å². The Hall–Kier alpha value is -1.07. The number of benzene rings is 1. The van der Waals surface area contributed by atoms with Crippen LogP contribution in [0.4, 0.5) is 4.39 Å². The summed E-state index contributed by atoms with van der Waals surface area (Å²) in [6, 6.07) is 6.69. The topological polar surface area (TPSA) is 23.8 Å². The van der Waals surface area contributed by atoms with Crippen molar-refractivity contribution in [3.8, 4) is 6.07 Å². The standard InChI is InChI=1S/C10H9ClFN/c1-10(2,12)9-7(6-13)4-3-5-8(9)11/h3-5H,1-2H3. The number of halogens is 2. The monoisotopic (exact) mass is 197 g/mol. The van der Waals surface area contributed by atoms with Crippen LogP contribution in [0.25, 0.3) is 0 Å². The lowest BCUT2D eigenvalue weighted by Crippen LogP contribution is -2.12. The van der Waals surface area contributed by atoms with Crippen LogP contribution in [-0.2, 0) is 5.67 Å². The van der Waals surface area contributed by atoms with Crippen LogP contribution < -0.4 is 0 Å². The van der Waals surface area contributed by atoms with Gasteiger partial charge in [-0.15, -0.1) is 0 Å². The molecule has 1 aromatic rings. The van der Waals surface area contributed by atoms with Crippen LogP contribution in [-0.4, -0.2) is 0 Å². The summed E-state index contributed by atoms with van der Waals surface area (Å²) in [7, 11) is 0. The van der Waals surface area contributed by atoms with Gasteiger partial charge in [0.25, 0.3) is 0 Å². The molecule has 0 saturated heterocycles. The molecule has 1 rings (SSSR count). The summed E-state index contributed by atoms with van der Waals surface area (Å²) >= 11 is 5.80. The molecule has 3 heteroatoms. The lowest BCUT2D eigenvalue weighted by molar-refractivity contribution is 0.221. The van der Waals surface area contributed by atoms with E-state index in [0.717, 1.165) is 0 Å². The third kappa shape index (κ3) is 1.99. The normalized spacial score (nSPS) is 11.0. The quantitative estimate of drug-likeness (QED) is 0.677. The zero-order valence-electron chi connectivity index (χ0n) is 7.44. The van der Waals surface area contributed by atoms with Crippen molar-refractivity contribution in [3.63, 3.8) is 0 Å². The maximum Gasteiger partial charge on any atom is 0.133 e. The van der Waals surface area contributed by atoms with Gasteiger partial charge in [0.05, 0.1) is 11.6 Å². The molecular formula is C10H9ClFN. The summed E-state index contributed by atoms with van der Waals surface area (Å²) < 4.78 is 13.6.